The van der Waals surface area contributed by atoms with E-state index in [2.05, 4.69) is 20.8 Å². The summed E-state index contributed by atoms with van der Waals surface area (Å²) in [6.45, 7) is 4.11. The Morgan fingerprint density at radius 1 is 1.10 bits per heavy atom. The van der Waals surface area contributed by atoms with Gasteiger partial charge in [-0.1, -0.05) is 12.8 Å². The monoisotopic (exact) mass is 402 g/mol. The number of nitrogens with one attached hydrogen (secondary N) is 2. The molecular weight excluding hydrogens is 376 g/mol. The molecule has 3 rings (SSSR count). The highest BCUT2D eigenvalue weighted by Gasteiger charge is 2.36. The quantitative estimate of drug-likeness (QED) is 0.677. The van der Waals surface area contributed by atoms with Crippen LogP contribution >= 0.6 is 0 Å². The molecule has 10 heteroatoms. The van der Waals surface area contributed by atoms with Crippen molar-refractivity contribution >= 4 is 29.2 Å². The number of hydrogen-bond donors (Lipinski definition) is 3. The van der Waals surface area contributed by atoms with Gasteiger partial charge in [0.15, 0.2) is 0 Å². The second-order valence-electron chi connectivity index (χ2n) is 7.27. The molecule has 2 atom stereocenters. The Morgan fingerprint density at radius 3 is 2.34 bits per heavy atom. The highest BCUT2D eigenvalue weighted by atomic mass is 16.4. The SMILES string of the molecule is CCn1ncc(NC(=O)[C@@H]2CCCC[C@@H]2C(=O)O)c1C(=O)Nc1cnn(C)c1C. The van der Waals surface area contributed by atoms with Crippen LogP contribution < -0.4 is 10.6 Å². The van der Waals surface area contributed by atoms with Crippen LogP contribution in [0.15, 0.2) is 12.4 Å². The highest BCUT2D eigenvalue weighted by molar-refractivity contribution is 6.09. The minimum atomic E-state index is -0.959. The van der Waals surface area contributed by atoms with E-state index in [1.807, 2.05) is 13.8 Å². The number of aromatic nitrogens is 4. The lowest BCUT2D eigenvalue weighted by Crippen LogP contribution is -2.36. The van der Waals surface area contributed by atoms with Crippen molar-refractivity contribution in [2.24, 2.45) is 18.9 Å². The topological polar surface area (TPSA) is 131 Å². The van der Waals surface area contributed by atoms with E-state index >= 15 is 0 Å². The smallest absolute Gasteiger partial charge is 0.307 e. The zero-order valence-corrected chi connectivity index (χ0v) is 16.8. The Bertz CT molecular complexity index is 931. The van der Waals surface area contributed by atoms with E-state index in [9.17, 15) is 19.5 Å². The first-order chi connectivity index (χ1) is 13.8. The number of carboxylic acids is 1. The lowest BCUT2D eigenvalue weighted by Gasteiger charge is -2.27. The maximum Gasteiger partial charge on any atom is 0.307 e. The molecule has 1 aliphatic rings. The van der Waals surface area contributed by atoms with Gasteiger partial charge in [-0.25, -0.2) is 0 Å². The fraction of sp³-hybridized carbons (Fsp3) is 0.526. The average molecular weight is 402 g/mol. The highest BCUT2D eigenvalue weighted by Crippen LogP contribution is 2.31. The number of aryl methyl sites for hydroxylation is 2. The first-order valence-corrected chi connectivity index (χ1v) is 9.72. The Morgan fingerprint density at radius 2 is 1.76 bits per heavy atom. The summed E-state index contributed by atoms with van der Waals surface area (Å²) in [7, 11) is 1.77. The number of carbonyl (C=O) groups is 3. The molecule has 2 aromatic rings. The predicted molar refractivity (Wildman–Crippen MR) is 106 cm³/mol. The lowest BCUT2D eigenvalue weighted by molar-refractivity contribution is -0.147. The summed E-state index contributed by atoms with van der Waals surface area (Å²) in [5.74, 6) is -3.10. The molecule has 0 aliphatic heterocycles. The van der Waals surface area contributed by atoms with Gasteiger partial charge in [-0.3, -0.25) is 23.7 Å². The Hall–Kier alpha value is -3.17. The van der Waals surface area contributed by atoms with Crippen LogP contribution in [0.3, 0.4) is 0 Å². The minimum absolute atomic E-state index is 0.215. The summed E-state index contributed by atoms with van der Waals surface area (Å²) >= 11 is 0. The number of carbonyl (C=O) groups excluding carboxylic acids is 2. The van der Waals surface area contributed by atoms with Crippen molar-refractivity contribution < 1.29 is 19.5 Å². The van der Waals surface area contributed by atoms with Crippen LogP contribution in [-0.4, -0.2) is 42.5 Å². The van der Waals surface area contributed by atoms with E-state index in [-0.39, 0.29) is 17.3 Å². The van der Waals surface area contributed by atoms with Gasteiger partial charge in [-0.05, 0) is 26.7 Å². The molecular formula is C19H26N6O4. The fourth-order valence-electron chi connectivity index (χ4n) is 3.72. The van der Waals surface area contributed by atoms with Crippen molar-refractivity contribution in [2.75, 3.05) is 10.6 Å². The first kappa shape index (κ1) is 20.6. The Kier molecular flexibility index (Phi) is 6.00. The van der Waals surface area contributed by atoms with Crippen LogP contribution in [0.1, 0.15) is 48.8 Å². The van der Waals surface area contributed by atoms with Crippen LogP contribution in [0.5, 0.6) is 0 Å². The second kappa shape index (κ2) is 8.46. The maximum absolute atomic E-state index is 12.9. The summed E-state index contributed by atoms with van der Waals surface area (Å²) in [6.07, 6.45) is 5.58. The molecule has 0 bridgehead atoms. The molecule has 10 nitrogen and oxygen atoms in total. The van der Waals surface area contributed by atoms with E-state index < -0.39 is 23.7 Å². The van der Waals surface area contributed by atoms with Crippen molar-refractivity contribution in [1.29, 1.82) is 0 Å². The van der Waals surface area contributed by atoms with Crippen LogP contribution in [0, 0.1) is 18.8 Å². The zero-order chi connectivity index (χ0) is 21.1. The predicted octanol–water partition coefficient (Wildman–Crippen LogP) is 2.03. The van der Waals surface area contributed by atoms with Crippen molar-refractivity contribution in [3.8, 4) is 0 Å². The minimum Gasteiger partial charge on any atom is -0.481 e. The lowest BCUT2D eigenvalue weighted by atomic mass is 9.78. The van der Waals surface area contributed by atoms with E-state index in [4.69, 9.17) is 0 Å². The fourth-order valence-corrected chi connectivity index (χ4v) is 3.72. The third-order valence-electron chi connectivity index (χ3n) is 5.52. The number of aliphatic carboxylic acids is 1. The van der Waals surface area contributed by atoms with E-state index in [1.54, 1.807) is 17.9 Å². The number of hydrogen-bond acceptors (Lipinski definition) is 5. The molecule has 0 unspecified atom stereocenters. The van der Waals surface area contributed by atoms with Gasteiger partial charge in [0.2, 0.25) is 5.91 Å². The summed E-state index contributed by atoms with van der Waals surface area (Å²) in [6, 6.07) is 0. The molecule has 1 saturated carbocycles. The standard InChI is InChI=1S/C19H26N6O4/c1-4-25-16(18(27)22-14-9-20-24(3)11(14)2)15(10-21-25)23-17(26)12-7-5-6-8-13(12)19(28)29/h9-10,12-13H,4-8H2,1-3H3,(H,22,27)(H,23,26)(H,28,29)/t12-,13+/m1/s1. The van der Waals surface area contributed by atoms with Gasteiger partial charge < -0.3 is 15.7 Å². The van der Waals surface area contributed by atoms with Gasteiger partial charge in [0, 0.05) is 13.6 Å². The van der Waals surface area contributed by atoms with Crippen molar-refractivity contribution in [3.05, 3.63) is 23.8 Å². The van der Waals surface area contributed by atoms with Gasteiger partial charge in [0.1, 0.15) is 5.69 Å². The van der Waals surface area contributed by atoms with Crippen LogP contribution in [-0.2, 0) is 23.2 Å². The Labute approximate surface area is 168 Å². The van der Waals surface area contributed by atoms with Crippen LogP contribution in [0.4, 0.5) is 11.4 Å². The van der Waals surface area contributed by atoms with Crippen LogP contribution in [0.2, 0.25) is 0 Å². The second-order valence-corrected chi connectivity index (χ2v) is 7.27. The molecule has 2 aromatic heterocycles. The van der Waals surface area contributed by atoms with Crippen molar-refractivity contribution in [2.45, 2.75) is 46.1 Å². The molecule has 2 amide bonds. The summed E-state index contributed by atoms with van der Waals surface area (Å²) < 4.78 is 3.14. The molecule has 2 heterocycles. The van der Waals surface area contributed by atoms with Crippen LogP contribution in [0.25, 0.3) is 0 Å². The number of anilines is 2. The van der Waals surface area contributed by atoms with Gasteiger partial charge in [0.25, 0.3) is 5.91 Å². The molecule has 29 heavy (non-hydrogen) atoms. The van der Waals surface area contributed by atoms with E-state index in [1.165, 1.54) is 10.9 Å². The third-order valence-corrected chi connectivity index (χ3v) is 5.52. The van der Waals surface area contributed by atoms with Gasteiger partial charge in [-0.15, -0.1) is 0 Å². The molecule has 1 fully saturated rings. The Balaban J connectivity index is 1.82. The summed E-state index contributed by atoms with van der Waals surface area (Å²) in [4.78, 5) is 37.2. The summed E-state index contributed by atoms with van der Waals surface area (Å²) in [5, 5.41) is 23.3. The number of carboxylic acid groups (broad SMARTS) is 1. The zero-order valence-electron chi connectivity index (χ0n) is 16.8. The summed E-state index contributed by atoms with van der Waals surface area (Å²) in [5.41, 5.74) is 1.84. The first-order valence-electron chi connectivity index (χ1n) is 9.72. The van der Waals surface area contributed by atoms with Gasteiger partial charge in [0.05, 0.1) is 41.3 Å². The maximum atomic E-state index is 12.9. The molecule has 0 saturated heterocycles. The molecule has 156 valence electrons. The molecule has 3 N–H and O–H groups in total. The van der Waals surface area contributed by atoms with Gasteiger partial charge >= 0.3 is 5.97 Å². The van der Waals surface area contributed by atoms with Crippen molar-refractivity contribution in [3.63, 3.8) is 0 Å². The van der Waals surface area contributed by atoms with E-state index in [0.717, 1.165) is 18.5 Å². The molecule has 1 aliphatic carbocycles. The average Bonchev–Trinajstić information content (AvgIpc) is 3.25. The molecule has 0 spiro atoms. The number of amides is 2. The number of nitrogens with zero attached hydrogens (tertiary/aromatic N) is 4. The largest absolute Gasteiger partial charge is 0.481 e. The van der Waals surface area contributed by atoms with Crippen molar-refractivity contribution in [1.82, 2.24) is 19.6 Å². The van der Waals surface area contributed by atoms with E-state index in [0.29, 0.717) is 25.1 Å². The number of rotatable bonds is 6. The van der Waals surface area contributed by atoms with Gasteiger partial charge in [-0.2, -0.15) is 10.2 Å². The molecule has 0 radical (unpaired) electrons. The normalized spacial score (nSPS) is 19.0. The third kappa shape index (κ3) is 4.15. The molecule has 0 aromatic carbocycles.